The lowest BCUT2D eigenvalue weighted by Gasteiger charge is -2.22. The van der Waals surface area contributed by atoms with Gasteiger partial charge in [-0.25, -0.2) is 9.78 Å². The van der Waals surface area contributed by atoms with Gasteiger partial charge >= 0.3 is 5.69 Å². The molecular weight excluding hydrogens is 324 g/mol. The Hall–Kier alpha value is -2.94. The standard InChI is InChI=1S/C16H20N6O3/c1-19(11-5-4-6-17-7-11)8-12(23)9-22-15(24)13-14(18-10-20(13)2)21(3)16(22)25/h4-7,10,12,23H,8-9H2,1-3H3. The molecule has 0 aliphatic rings. The highest BCUT2D eigenvalue weighted by Crippen LogP contribution is 2.10. The second-order valence-corrected chi connectivity index (χ2v) is 6.03. The van der Waals surface area contributed by atoms with Gasteiger partial charge in [0.05, 0.1) is 30.9 Å². The van der Waals surface area contributed by atoms with Gasteiger partial charge in [-0.05, 0) is 12.1 Å². The number of hydrogen-bond acceptors (Lipinski definition) is 6. The first kappa shape index (κ1) is 16.9. The Labute approximate surface area is 143 Å². The maximum Gasteiger partial charge on any atom is 0.332 e. The van der Waals surface area contributed by atoms with Crippen LogP contribution in [-0.2, 0) is 20.6 Å². The number of likely N-dealkylation sites (N-methyl/N-ethyl adjacent to an activating group) is 1. The molecule has 1 N–H and O–H groups in total. The molecule has 0 bridgehead atoms. The summed E-state index contributed by atoms with van der Waals surface area (Å²) in [5, 5.41) is 10.4. The van der Waals surface area contributed by atoms with E-state index in [2.05, 4.69) is 9.97 Å². The zero-order valence-electron chi connectivity index (χ0n) is 14.3. The van der Waals surface area contributed by atoms with Crippen molar-refractivity contribution in [1.82, 2.24) is 23.7 Å². The van der Waals surface area contributed by atoms with Gasteiger partial charge in [0, 0.05) is 33.9 Å². The van der Waals surface area contributed by atoms with Crippen LogP contribution in [0.25, 0.3) is 11.2 Å². The summed E-state index contributed by atoms with van der Waals surface area (Å²) >= 11 is 0. The Bertz CT molecular complexity index is 1000. The molecule has 3 heterocycles. The monoisotopic (exact) mass is 344 g/mol. The van der Waals surface area contributed by atoms with Crippen molar-refractivity contribution in [3.8, 4) is 0 Å². The number of aliphatic hydroxyl groups is 1. The molecule has 25 heavy (non-hydrogen) atoms. The number of fused-ring (bicyclic) bond motifs is 1. The van der Waals surface area contributed by atoms with Gasteiger partial charge in [-0.15, -0.1) is 0 Å². The number of aryl methyl sites for hydroxylation is 2. The number of anilines is 1. The van der Waals surface area contributed by atoms with Gasteiger partial charge in [-0.3, -0.25) is 18.9 Å². The summed E-state index contributed by atoms with van der Waals surface area (Å²) in [5.74, 6) is 0. The van der Waals surface area contributed by atoms with Gasteiger partial charge in [-0.2, -0.15) is 0 Å². The number of hydrogen-bond donors (Lipinski definition) is 1. The molecule has 9 nitrogen and oxygen atoms in total. The van der Waals surface area contributed by atoms with Crippen molar-refractivity contribution in [2.45, 2.75) is 12.6 Å². The highest BCUT2D eigenvalue weighted by Gasteiger charge is 2.18. The highest BCUT2D eigenvalue weighted by molar-refractivity contribution is 5.69. The molecule has 3 aromatic rings. The van der Waals surface area contributed by atoms with Crippen LogP contribution in [0.4, 0.5) is 5.69 Å². The summed E-state index contributed by atoms with van der Waals surface area (Å²) < 4.78 is 3.93. The first-order valence-electron chi connectivity index (χ1n) is 7.80. The minimum Gasteiger partial charge on any atom is -0.389 e. The van der Waals surface area contributed by atoms with E-state index in [9.17, 15) is 14.7 Å². The van der Waals surface area contributed by atoms with E-state index in [-0.39, 0.29) is 13.1 Å². The van der Waals surface area contributed by atoms with Gasteiger partial charge < -0.3 is 14.6 Å². The third kappa shape index (κ3) is 3.05. The van der Waals surface area contributed by atoms with Crippen LogP contribution in [0.15, 0.2) is 40.4 Å². The van der Waals surface area contributed by atoms with Crippen molar-refractivity contribution in [2.75, 3.05) is 18.5 Å². The van der Waals surface area contributed by atoms with Gasteiger partial charge in [0.25, 0.3) is 5.56 Å². The molecule has 0 aromatic carbocycles. The molecule has 0 aliphatic carbocycles. The average Bonchev–Trinajstić information content (AvgIpc) is 2.99. The van der Waals surface area contributed by atoms with Crippen molar-refractivity contribution in [2.24, 2.45) is 14.1 Å². The Morgan fingerprint density at radius 3 is 2.76 bits per heavy atom. The minimum absolute atomic E-state index is 0.1000. The molecule has 3 rings (SSSR count). The molecule has 132 valence electrons. The smallest absolute Gasteiger partial charge is 0.332 e. The van der Waals surface area contributed by atoms with Crippen molar-refractivity contribution < 1.29 is 5.11 Å². The van der Waals surface area contributed by atoms with Crippen molar-refractivity contribution >= 4 is 16.9 Å². The largest absolute Gasteiger partial charge is 0.389 e. The maximum absolute atomic E-state index is 12.6. The van der Waals surface area contributed by atoms with Crippen molar-refractivity contribution in [3.05, 3.63) is 51.7 Å². The molecule has 0 spiro atoms. The minimum atomic E-state index is -0.902. The normalized spacial score (nSPS) is 12.5. The lowest BCUT2D eigenvalue weighted by Crippen LogP contribution is -2.44. The van der Waals surface area contributed by atoms with Gasteiger partial charge in [0.2, 0.25) is 0 Å². The molecule has 0 amide bonds. The van der Waals surface area contributed by atoms with Crippen LogP contribution in [0.5, 0.6) is 0 Å². The van der Waals surface area contributed by atoms with E-state index in [0.717, 1.165) is 10.3 Å². The summed E-state index contributed by atoms with van der Waals surface area (Å²) in [7, 11) is 5.06. The van der Waals surface area contributed by atoms with E-state index in [1.165, 1.54) is 10.9 Å². The summed E-state index contributed by atoms with van der Waals surface area (Å²) in [4.78, 5) is 35.0. The number of pyridine rings is 1. The van der Waals surface area contributed by atoms with Gasteiger partial charge in [0.15, 0.2) is 11.2 Å². The van der Waals surface area contributed by atoms with Crippen LogP contribution in [0.2, 0.25) is 0 Å². The van der Waals surface area contributed by atoms with Crippen LogP contribution >= 0.6 is 0 Å². The zero-order chi connectivity index (χ0) is 18.1. The molecule has 0 fully saturated rings. The van der Waals surface area contributed by atoms with Crippen LogP contribution in [0.3, 0.4) is 0 Å². The number of rotatable bonds is 5. The van der Waals surface area contributed by atoms with E-state index >= 15 is 0 Å². The molecule has 1 atom stereocenters. The lowest BCUT2D eigenvalue weighted by atomic mass is 10.3. The quantitative estimate of drug-likeness (QED) is 0.659. The Balaban J connectivity index is 1.89. The Kier molecular flexibility index (Phi) is 4.41. The van der Waals surface area contributed by atoms with E-state index < -0.39 is 17.4 Å². The first-order valence-corrected chi connectivity index (χ1v) is 7.80. The molecule has 3 aromatic heterocycles. The number of aromatic nitrogens is 5. The summed E-state index contributed by atoms with van der Waals surface area (Å²) in [5.41, 5.74) is 0.537. The molecule has 0 aliphatic heterocycles. The van der Waals surface area contributed by atoms with Gasteiger partial charge in [-0.1, -0.05) is 0 Å². The number of nitrogens with zero attached hydrogens (tertiary/aromatic N) is 6. The van der Waals surface area contributed by atoms with E-state index in [1.54, 1.807) is 37.1 Å². The maximum atomic E-state index is 12.6. The summed E-state index contributed by atoms with van der Waals surface area (Å²) in [6.07, 6.45) is 3.93. The van der Waals surface area contributed by atoms with Crippen LogP contribution in [0.1, 0.15) is 0 Å². The van der Waals surface area contributed by atoms with Crippen molar-refractivity contribution in [1.29, 1.82) is 0 Å². The molecule has 9 heteroatoms. The van der Waals surface area contributed by atoms with Crippen LogP contribution < -0.4 is 16.1 Å². The van der Waals surface area contributed by atoms with E-state index in [4.69, 9.17) is 0 Å². The summed E-state index contributed by atoms with van der Waals surface area (Å²) in [6, 6.07) is 3.67. The van der Waals surface area contributed by atoms with E-state index in [1.807, 2.05) is 18.0 Å². The fraction of sp³-hybridized carbons (Fsp3) is 0.375. The third-order valence-corrected chi connectivity index (χ3v) is 4.17. The Morgan fingerprint density at radius 1 is 1.32 bits per heavy atom. The molecule has 0 saturated heterocycles. The second kappa shape index (κ2) is 6.52. The molecule has 0 saturated carbocycles. The van der Waals surface area contributed by atoms with Crippen LogP contribution in [-0.4, -0.2) is 48.5 Å². The topological polar surface area (TPSA) is 98.2 Å². The van der Waals surface area contributed by atoms with Crippen LogP contribution in [0, 0.1) is 0 Å². The third-order valence-electron chi connectivity index (χ3n) is 4.17. The second-order valence-electron chi connectivity index (χ2n) is 6.03. The predicted molar refractivity (Wildman–Crippen MR) is 93.7 cm³/mol. The predicted octanol–water partition coefficient (Wildman–Crippen LogP) is -0.674. The molecular formula is C16H20N6O3. The highest BCUT2D eigenvalue weighted by atomic mass is 16.3. The average molecular weight is 344 g/mol. The van der Waals surface area contributed by atoms with Crippen molar-refractivity contribution in [3.63, 3.8) is 0 Å². The zero-order valence-corrected chi connectivity index (χ0v) is 14.3. The first-order chi connectivity index (χ1) is 11.9. The van der Waals surface area contributed by atoms with E-state index in [0.29, 0.717) is 11.2 Å². The number of aliphatic hydroxyl groups excluding tert-OH is 1. The number of imidazole rings is 1. The summed E-state index contributed by atoms with van der Waals surface area (Å²) in [6.45, 7) is 0.155. The van der Waals surface area contributed by atoms with Gasteiger partial charge in [0.1, 0.15) is 0 Å². The molecule has 0 radical (unpaired) electrons. The Morgan fingerprint density at radius 2 is 2.08 bits per heavy atom. The SMILES string of the molecule is CN(CC(O)Cn1c(=O)c2c(ncn2C)n(C)c1=O)c1cccnc1. The fourth-order valence-electron chi connectivity index (χ4n) is 2.83. The molecule has 1 unspecified atom stereocenters. The fourth-order valence-corrected chi connectivity index (χ4v) is 2.83. The lowest BCUT2D eigenvalue weighted by molar-refractivity contribution is 0.157.